The number of hydrogen-bond donors (Lipinski definition) is 1. The van der Waals surface area contributed by atoms with E-state index in [4.69, 9.17) is 19.2 Å². The van der Waals surface area contributed by atoms with E-state index in [-0.39, 0.29) is 5.41 Å². The van der Waals surface area contributed by atoms with Crippen molar-refractivity contribution in [1.29, 1.82) is 0 Å². The van der Waals surface area contributed by atoms with Crippen molar-refractivity contribution in [1.82, 2.24) is 9.97 Å². The molecule has 0 amide bonds. The zero-order valence-corrected chi connectivity index (χ0v) is 18.5. The molecule has 2 aromatic heterocycles. The van der Waals surface area contributed by atoms with Crippen LogP contribution >= 0.6 is 11.3 Å². The fraction of sp³-hybridized carbons (Fsp3) is 0.250. The van der Waals surface area contributed by atoms with Gasteiger partial charge in [-0.2, -0.15) is 0 Å². The summed E-state index contributed by atoms with van der Waals surface area (Å²) >= 11 is 1.55. The molecule has 1 aliphatic heterocycles. The first kappa shape index (κ1) is 19.6. The summed E-state index contributed by atoms with van der Waals surface area (Å²) < 4.78 is 18.6. The van der Waals surface area contributed by atoms with E-state index in [9.17, 15) is 0 Å². The van der Waals surface area contributed by atoms with Gasteiger partial charge in [0.15, 0.2) is 16.6 Å². The van der Waals surface area contributed by atoms with Crippen LogP contribution in [0.1, 0.15) is 26.3 Å². The molecule has 0 spiro atoms. The number of anilines is 2. The van der Waals surface area contributed by atoms with Gasteiger partial charge in [-0.15, -0.1) is 0 Å². The van der Waals surface area contributed by atoms with E-state index in [0.29, 0.717) is 19.1 Å². The first-order valence-corrected chi connectivity index (χ1v) is 11.0. The van der Waals surface area contributed by atoms with E-state index in [1.54, 1.807) is 17.5 Å². The zero-order chi connectivity index (χ0) is 21.4. The molecule has 0 aliphatic carbocycles. The van der Waals surface area contributed by atoms with E-state index in [2.05, 4.69) is 37.1 Å². The number of nitrogens with zero attached hydrogens (tertiary/aromatic N) is 2. The van der Waals surface area contributed by atoms with Gasteiger partial charge < -0.3 is 19.5 Å². The third-order valence-electron chi connectivity index (χ3n) is 4.97. The molecule has 1 aliphatic rings. The van der Waals surface area contributed by atoms with E-state index in [0.717, 1.165) is 43.8 Å². The molecule has 5 rings (SSSR count). The van der Waals surface area contributed by atoms with Gasteiger partial charge in [0, 0.05) is 23.9 Å². The number of hydrogen-bond acceptors (Lipinski definition) is 7. The first-order chi connectivity index (χ1) is 15.0. The maximum Gasteiger partial charge on any atom is 0.243 e. The number of thiazole rings is 1. The summed E-state index contributed by atoms with van der Waals surface area (Å²) in [5, 5.41) is 4.12. The van der Waals surface area contributed by atoms with Crippen LogP contribution in [0.2, 0.25) is 0 Å². The van der Waals surface area contributed by atoms with Gasteiger partial charge in [0.2, 0.25) is 5.88 Å². The molecule has 0 fully saturated rings. The molecule has 0 unspecified atom stereocenters. The van der Waals surface area contributed by atoms with Crippen molar-refractivity contribution in [3.05, 3.63) is 60.3 Å². The smallest absolute Gasteiger partial charge is 0.243 e. The van der Waals surface area contributed by atoms with E-state index < -0.39 is 0 Å². The summed E-state index contributed by atoms with van der Waals surface area (Å²) in [7, 11) is 0. The van der Waals surface area contributed by atoms with Gasteiger partial charge in [0.25, 0.3) is 0 Å². The minimum atomic E-state index is -0.0464. The molecular formula is C24H23N3O3S. The van der Waals surface area contributed by atoms with Gasteiger partial charge >= 0.3 is 0 Å². The number of aromatic nitrogens is 2. The SMILES string of the molecule is CC(C)(C)c1ccccc1Oc1ncccc1Nc1nc2cc3c(cc2s1)OCCO3. The first-order valence-electron chi connectivity index (χ1n) is 10.2. The van der Waals surface area contributed by atoms with Crippen LogP contribution in [0, 0.1) is 0 Å². The fourth-order valence-corrected chi connectivity index (χ4v) is 4.37. The monoisotopic (exact) mass is 433 g/mol. The van der Waals surface area contributed by atoms with Crippen molar-refractivity contribution in [2.24, 2.45) is 0 Å². The third kappa shape index (κ3) is 4.01. The van der Waals surface area contributed by atoms with Gasteiger partial charge in [-0.1, -0.05) is 50.3 Å². The number of pyridine rings is 1. The molecule has 6 nitrogen and oxygen atoms in total. The molecule has 7 heteroatoms. The Kier molecular flexibility index (Phi) is 4.90. The highest BCUT2D eigenvalue weighted by atomic mass is 32.1. The lowest BCUT2D eigenvalue weighted by molar-refractivity contribution is 0.172. The number of ether oxygens (including phenoxy) is 3. The van der Waals surface area contributed by atoms with Crippen molar-refractivity contribution < 1.29 is 14.2 Å². The summed E-state index contributed by atoms with van der Waals surface area (Å²) in [6.07, 6.45) is 1.72. The van der Waals surface area contributed by atoms with Gasteiger partial charge in [0.05, 0.1) is 10.2 Å². The average Bonchev–Trinajstić information content (AvgIpc) is 3.14. The summed E-state index contributed by atoms with van der Waals surface area (Å²) in [4.78, 5) is 9.17. The highest BCUT2D eigenvalue weighted by Gasteiger charge is 2.20. The van der Waals surface area contributed by atoms with E-state index >= 15 is 0 Å². The third-order valence-corrected chi connectivity index (χ3v) is 5.90. The fourth-order valence-electron chi connectivity index (χ4n) is 3.48. The molecule has 0 saturated carbocycles. The number of fused-ring (bicyclic) bond motifs is 2. The molecule has 3 heterocycles. The van der Waals surface area contributed by atoms with Crippen LogP contribution in [0.5, 0.6) is 23.1 Å². The minimum Gasteiger partial charge on any atom is -0.486 e. The lowest BCUT2D eigenvalue weighted by atomic mass is 9.86. The van der Waals surface area contributed by atoms with Crippen molar-refractivity contribution in [2.45, 2.75) is 26.2 Å². The van der Waals surface area contributed by atoms with Gasteiger partial charge in [-0.3, -0.25) is 0 Å². The summed E-state index contributed by atoms with van der Waals surface area (Å²) in [6, 6.07) is 15.8. The molecule has 1 N–H and O–H groups in total. The van der Waals surface area contributed by atoms with Gasteiger partial charge in [-0.05, 0) is 23.6 Å². The molecule has 4 aromatic rings. The second-order valence-electron chi connectivity index (χ2n) is 8.31. The standard InChI is InChI=1S/C24H23N3O3S/c1-24(2,3)15-7-4-5-9-18(15)30-22-16(8-6-10-25-22)26-23-27-17-13-19-20(14-21(17)31-23)29-12-11-28-19/h4-10,13-14H,11-12H2,1-3H3,(H,26,27). The number of nitrogens with one attached hydrogen (secondary N) is 1. The largest absolute Gasteiger partial charge is 0.486 e. The molecule has 2 aromatic carbocycles. The molecule has 0 atom stereocenters. The average molecular weight is 434 g/mol. The van der Waals surface area contributed by atoms with Crippen LogP contribution in [0.3, 0.4) is 0 Å². The van der Waals surface area contributed by atoms with Crippen LogP contribution in [0.15, 0.2) is 54.7 Å². The van der Waals surface area contributed by atoms with Crippen LogP contribution in [0.4, 0.5) is 10.8 Å². The predicted molar refractivity (Wildman–Crippen MR) is 123 cm³/mol. The Morgan fingerprint density at radius 2 is 1.77 bits per heavy atom. The lowest BCUT2D eigenvalue weighted by Crippen LogP contribution is -2.15. The van der Waals surface area contributed by atoms with Crippen LogP contribution in [-0.2, 0) is 5.41 Å². The maximum atomic E-state index is 6.26. The van der Waals surface area contributed by atoms with Crippen molar-refractivity contribution >= 4 is 32.4 Å². The highest BCUT2D eigenvalue weighted by Crippen LogP contribution is 2.40. The second-order valence-corrected chi connectivity index (χ2v) is 9.34. The molecule has 158 valence electrons. The lowest BCUT2D eigenvalue weighted by Gasteiger charge is -2.22. The maximum absolute atomic E-state index is 6.26. The summed E-state index contributed by atoms with van der Waals surface area (Å²) in [5.74, 6) is 2.80. The Labute approximate surface area is 184 Å². The normalized spacial score (nSPS) is 13.3. The Balaban J connectivity index is 1.45. The number of benzene rings is 2. The molecule has 0 radical (unpaired) electrons. The number of para-hydroxylation sites is 1. The molecule has 31 heavy (non-hydrogen) atoms. The van der Waals surface area contributed by atoms with Crippen molar-refractivity contribution in [3.8, 4) is 23.1 Å². The predicted octanol–water partition coefficient (Wildman–Crippen LogP) is 6.30. The van der Waals surface area contributed by atoms with Crippen LogP contribution < -0.4 is 19.5 Å². The quantitative estimate of drug-likeness (QED) is 0.408. The van der Waals surface area contributed by atoms with E-state index in [1.807, 2.05) is 42.5 Å². The van der Waals surface area contributed by atoms with Gasteiger partial charge in [0.1, 0.15) is 24.7 Å². The number of rotatable bonds is 4. The minimum absolute atomic E-state index is 0.0464. The Morgan fingerprint density at radius 1 is 1.00 bits per heavy atom. The highest BCUT2D eigenvalue weighted by molar-refractivity contribution is 7.22. The Bertz CT molecular complexity index is 1200. The molecule has 0 saturated heterocycles. The Hall–Kier alpha value is -3.32. The summed E-state index contributed by atoms with van der Waals surface area (Å²) in [5.41, 5.74) is 2.69. The molecular weight excluding hydrogens is 410 g/mol. The molecule has 0 bridgehead atoms. The summed E-state index contributed by atoms with van der Waals surface area (Å²) in [6.45, 7) is 7.62. The van der Waals surface area contributed by atoms with Crippen molar-refractivity contribution in [3.63, 3.8) is 0 Å². The second kappa shape index (κ2) is 7.74. The topological polar surface area (TPSA) is 65.5 Å². The zero-order valence-electron chi connectivity index (χ0n) is 17.6. The van der Waals surface area contributed by atoms with Crippen LogP contribution in [-0.4, -0.2) is 23.2 Å². The Morgan fingerprint density at radius 3 is 2.58 bits per heavy atom. The van der Waals surface area contributed by atoms with Crippen molar-refractivity contribution in [2.75, 3.05) is 18.5 Å². The van der Waals surface area contributed by atoms with Crippen LogP contribution in [0.25, 0.3) is 10.2 Å². The van der Waals surface area contributed by atoms with E-state index in [1.165, 1.54) is 0 Å². The van der Waals surface area contributed by atoms with Gasteiger partial charge in [-0.25, -0.2) is 9.97 Å².